The molecule has 1 N–H and O–H groups in total. The van der Waals surface area contributed by atoms with Crippen LogP contribution in [0.4, 0.5) is 0 Å². The minimum atomic E-state index is 0.376. The summed E-state index contributed by atoms with van der Waals surface area (Å²) in [7, 11) is 1.71. The molecule has 0 radical (unpaired) electrons. The molecule has 2 unspecified atom stereocenters. The third-order valence-corrected chi connectivity index (χ3v) is 3.21. The van der Waals surface area contributed by atoms with E-state index in [1.54, 1.807) is 7.11 Å². The summed E-state index contributed by atoms with van der Waals surface area (Å²) in [4.78, 5) is 0. The molecule has 96 valence electrons. The number of methoxy groups -OCH3 is 1. The van der Waals surface area contributed by atoms with E-state index in [0.717, 1.165) is 5.75 Å². The van der Waals surface area contributed by atoms with Crippen LogP contribution >= 0.6 is 0 Å². The van der Waals surface area contributed by atoms with Gasteiger partial charge in [0.25, 0.3) is 0 Å². The van der Waals surface area contributed by atoms with E-state index in [-0.39, 0.29) is 0 Å². The first-order valence-electron chi connectivity index (χ1n) is 6.61. The summed E-state index contributed by atoms with van der Waals surface area (Å²) in [6.07, 6.45) is 3.66. The van der Waals surface area contributed by atoms with Crippen molar-refractivity contribution in [3.63, 3.8) is 0 Å². The quantitative estimate of drug-likeness (QED) is 0.773. The van der Waals surface area contributed by atoms with Crippen molar-refractivity contribution < 1.29 is 4.74 Å². The number of rotatable bonds is 7. The third-order valence-electron chi connectivity index (χ3n) is 3.21. The molecule has 2 heteroatoms. The van der Waals surface area contributed by atoms with Crippen molar-refractivity contribution in [3.8, 4) is 5.75 Å². The second kappa shape index (κ2) is 7.33. The molecule has 0 aromatic heterocycles. The second-order valence-corrected chi connectivity index (χ2v) is 4.56. The predicted molar refractivity (Wildman–Crippen MR) is 73.5 cm³/mol. The van der Waals surface area contributed by atoms with Crippen LogP contribution in [0.15, 0.2) is 24.3 Å². The van der Waals surface area contributed by atoms with Gasteiger partial charge < -0.3 is 10.1 Å². The summed E-state index contributed by atoms with van der Waals surface area (Å²) >= 11 is 0. The monoisotopic (exact) mass is 235 g/mol. The van der Waals surface area contributed by atoms with Crippen molar-refractivity contribution in [1.29, 1.82) is 0 Å². The van der Waals surface area contributed by atoms with Crippen molar-refractivity contribution >= 4 is 0 Å². The molecule has 0 spiro atoms. The van der Waals surface area contributed by atoms with Crippen LogP contribution in [0, 0.1) is 0 Å². The fourth-order valence-corrected chi connectivity index (χ4v) is 2.11. The fraction of sp³-hybridized carbons (Fsp3) is 0.600. The van der Waals surface area contributed by atoms with Gasteiger partial charge in [0.15, 0.2) is 0 Å². The van der Waals surface area contributed by atoms with E-state index < -0.39 is 0 Å². The Bertz CT molecular complexity index is 324. The number of nitrogens with one attached hydrogen (secondary N) is 1. The van der Waals surface area contributed by atoms with Gasteiger partial charge in [-0.15, -0.1) is 0 Å². The molecule has 17 heavy (non-hydrogen) atoms. The Balaban J connectivity index is 2.64. The van der Waals surface area contributed by atoms with Crippen molar-refractivity contribution in [3.05, 3.63) is 29.8 Å². The van der Waals surface area contributed by atoms with E-state index in [2.05, 4.69) is 38.2 Å². The summed E-state index contributed by atoms with van der Waals surface area (Å²) in [6, 6.07) is 9.28. The van der Waals surface area contributed by atoms with Crippen LogP contribution in [-0.4, -0.2) is 13.2 Å². The molecule has 0 aliphatic rings. The average molecular weight is 235 g/mol. The molecule has 0 aliphatic carbocycles. The van der Waals surface area contributed by atoms with Gasteiger partial charge in [0.1, 0.15) is 5.75 Å². The van der Waals surface area contributed by atoms with E-state index in [1.807, 2.05) is 12.1 Å². The van der Waals surface area contributed by atoms with Crippen LogP contribution in [-0.2, 0) is 0 Å². The molecular weight excluding hydrogens is 210 g/mol. The Labute approximate surface area is 105 Å². The van der Waals surface area contributed by atoms with Crippen molar-refractivity contribution in [2.24, 2.45) is 0 Å². The fourth-order valence-electron chi connectivity index (χ4n) is 2.11. The first-order valence-corrected chi connectivity index (χ1v) is 6.61. The zero-order chi connectivity index (χ0) is 12.7. The molecule has 2 atom stereocenters. The number of ether oxygens (including phenoxy) is 1. The lowest BCUT2D eigenvalue weighted by Gasteiger charge is -2.22. The Morgan fingerprint density at radius 3 is 2.65 bits per heavy atom. The third kappa shape index (κ3) is 4.39. The molecular formula is C15H25NO. The molecule has 0 bridgehead atoms. The molecule has 0 saturated heterocycles. The first kappa shape index (κ1) is 14.0. The van der Waals surface area contributed by atoms with Crippen LogP contribution in [0.5, 0.6) is 5.75 Å². The van der Waals surface area contributed by atoms with Gasteiger partial charge in [0.05, 0.1) is 7.11 Å². The maximum atomic E-state index is 5.26. The van der Waals surface area contributed by atoms with Crippen molar-refractivity contribution in [2.75, 3.05) is 7.11 Å². The average Bonchev–Trinajstić information content (AvgIpc) is 2.38. The van der Waals surface area contributed by atoms with Crippen LogP contribution in [0.1, 0.15) is 51.6 Å². The number of hydrogen-bond acceptors (Lipinski definition) is 2. The molecule has 0 aliphatic heterocycles. The molecule has 1 aromatic rings. The zero-order valence-corrected chi connectivity index (χ0v) is 11.5. The minimum Gasteiger partial charge on any atom is -0.497 e. The molecule has 0 fully saturated rings. The molecule has 0 heterocycles. The van der Waals surface area contributed by atoms with Crippen LogP contribution in [0.2, 0.25) is 0 Å². The van der Waals surface area contributed by atoms with Crippen LogP contribution < -0.4 is 10.1 Å². The Morgan fingerprint density at radius 2 is 2.06 bits per heavy atom. The molecule has 2 nitrogen and oxygen atoms in total. The van der Waals surface area contributed by atoms with Gasteiger partial charge >= 0.3 is 0 Å². The van der Waals surface area contributed by atoms with E-state index in [0.29, 0.717) is 12.1 Å². The maximum Gasteiger partial charge on any atom is 0.119 e. The Kier molecular flexibility index (Phi) is 6.06. The number of hydrogen-bond donors (Lipinski definition) is 1. The lowest BCUT2D eigenvalue weighted by atomic mass is 10.0. The zero-order valence-electron chi connectivity index (χ0n) is 11.5. The van der Waals surface area contributed by atoms with Gasteiger partial charge in [-0.3, -0.25) is 0 Å². The lowest BCUT2D eigenvalue weighted by Crippen LogP contribution is -2.30. The van der Waals surface area contributed by atoms with Crippen molar-refractivity contribution in [1.82, 2.24) is 5.32 Å². The smallest absolute Gasteiger partial charge is 0.119 e. The van der Waals surface area contributed by atoms with Gasteiger partial charge in [-0.2, -0.15) is 0 Å². The van der Waals surface area contributed by atoms with Crippen molar-refractivity contribution in [2.45, 2.75) is 52.1 Å². The van der Waals surface area contributed by atoms with E-state index >= 15 is 0 Å². The van der Waals surface area contributed by atoms with Gasteiger partial charge in [-0.05, 0) is 37.5 Å². The first-order chi connectivity index (χ1) is 8.21. The standard InChI is InChI=1S/C15H25NO/c1-5-8-14(6-2)16-12(3)13-9-7-10-15(11-13)17-4/h7,9-12,14,16H,5-6,8H2,1-4H3. The van der Waals surface area contributed by atoms with Crippen LogP contribution in [0.25, 0.3) is 0 Å². The summed E-state index contributed by atoms with van der Waals surface area (Å²) in [5.41, 5.74) is 1.29. The van der Waals surface area contributed by atoms with E-state index in [9.17, 15) is 0 Å². The van der Waals surface area contributed by atoms with Gasteiger partial charge in [0.2, 0.25) is 0 Å². The molecule has 1 aromatic carbocycles. The highest BCUT2D eigenvalue weighted by atomic mass is 16.5. The SMILES string of the molecule is CCCC(CC)NC(C)c1cccc(OC)c1. The summed E-state index contributed by atoms with van der Waals surface area (Å²) in [5, 5.41) is 3.68. The van der Waals surface area contributed by atoms with Gasteiger partial charge in [0, 0.05) is 12.1 Å². The highest BCUT2D eigenvalue weighted by Crippen LogP contribution is 2.20. The molecule has 0 amide bonds. The lowest BCUT2D eigenvalue weighted by molar-refractivity contribution is 0.405. The summed E-state index contributed by atoms with van der Waals surface area (Å²) < 4.78 is 5.26. The largest absolute Gasteiger partial charge is 0.497 e. The second-order valence-electron chi connectivity index (χ2n) is 4.56. The normalized spacial score (nSPS) is 14.4. The highest BCUT2D eigenvalue weighted by Gasteiger charge is 2.11. The molecule has 1 rings (SSSR count). The maximum absolute atomic E-state index is 5.26. The van der Waals surface area contributed by atoms with Gasteiger partial charge in [-0.25, -0.2) is 0 Å². The molecule has 0 saturated carbocycles. The van der Waals surface area contributed by atoms with E-state index in [4.69, 9.17) is 4.74 Å². The Morgan fingerprint density at radius 1 is 1.29 bits per heavy atom. The highest BCUT2D eigenvalue weighted by molar-refractivity contribution is 5.30. The predicted octanol–water partition coefficient (Wildman–Crippen LogP) is 3.92. The Hall–Kier alpha value is -1.02. The number of benzene rings is 1. The van der Waals surface area contributed by atoms with Gasteiger partial charge in [-0.1, -0.05) is 32.4 Å². The van der Waals surface area contributed by atoms with E-state index in [1.165, 1.54) is 24.8 Å². The van der Waals surface area contributed by atoms with Crippen LogP contribution in [0.3, 0.4) is 0 Å². The minimum absolute atomic E-state index is 0.376. The summed E-state index contributed by atoms with van der Waals surface area (Å²) in [6.45, 7) is 6.69. The summed E-state index contributed by atoms with van der Waals surface area (Å²) in [5.74, 6) is 0.930. The topological polar surface area (TPSA) is 21.3 Å².